The standard InChI is InChI=1S/C19H16BrN3O4S/c20-16-5-1-2-6-17(16)27-13-19(24)22-14-8-10-15(11-9-14)28(25,26)23-18-7-3-4-12-21-18/h1-12H,13H2,(H,21,23)(H,22,24). The molecule has 2 aromatic carbocycles. The Morgan fingerprint density at radius 1 is 1.00 bits per heavy atom. The van der Waals surface area contributed by atoms with Crippen LogP contribution in [-0.4, -0.2) is 25.9 Å². The molecule has 1 aromatic heterocycles. The predicted octanol–water partition coefficient (Wildman–Crippen LogP) is 3.66. The number of pyridine rings is 1. The molecule has 2 N–H and O–H groups in total. The molecule has 144 valence electrons. The minimum atomic E-state index is -3.76. The van der Waals surface area contributed by atoms with Crippen LogP contribution >= 0.6 is 15.9 Å². The normalized spacial score (nSPS) is 10.9. The first-order valence-electron chi connectivity index (χ1n) is 8.15. The second kappa shape index (κ2) is 8.85. The lowest BCUT2D eigenvalue weighted by Crippen LogP contribution is -2.20. The van der Waals surface area contributed by atoms with Crippen LogP contribution in [0.3, 0.4) is 0 Å². The average Bonchev–Trinajstić information content (AvgIpc) is 2.68. The average molecular weight is 462 g/mol. The van der Waals surface area contributed by atoms with E-state index in [0.29, 0.717) is 11.4 Å². The molecule has 0 radical (unpaired) electrons. The van der Waals surface area contributed by atoms with Gasteiger partial charge in [-0.25, -0.2) is 13.4 Å². The largest absolute Gasteiger partial charge is 0.483 e. The van der Waals surface area contributed by atoms with E-state index in [1.807, 2.05) is 12.1 Å². The number of nitrogens with one attached hydrogen (secondary N) is 2. The highest BCUT2D eigenvalue weighted by Crippen LogP contribution is 2.23. The number of nitrogens with zero attached hydrogens (tertiary/aromatic N) is 1. The van der Waals surface area contributed by atoms with E-state index in [-0.39, 0.29) is 23.2 Å². The Morgan fingerprint density at radius 2 is 1.71 bits per heavy atom. The van der Waals surface area contributed by atoms with Crippen molar-refractivity contribution in [3.05, 3.63) is 77.4 Å². The van der Waals surface area contributed by atoms with Gasteiger partial charge in [0.05, 0.1) is 9.37 Å². The summed E-state index contributed by atoms with van der Waals surface area (Å²) in [6, 6.07) is 17.9. The van der Waals surface area contributed by atoms with Gasteiger partial charge in [0.2, 0.25) is 0 Å². The zero-order chi connectivity index (χ0) is 20.0. The smallest absolute Gasteiger partial charge is 0.263 e. The van der Waals surface area contributed by atoms with Crippen LogP contribution in [0.1, 0.15) is 0 Å². The molecule has 0 saturated heterocycles. The fourth-order valence-electron chi connectivity index (χ4n) is 2.24. The third kappa shape index (κ3) is 5.30. The lowest BCUT2D eigenvalue weighted by molar-refractivity contribution is -0.118. The van der Waals surface area contributed by atoms with Crippen LogP contribution in [0.15, 0.2) is 82.3 Å². The van der Waals surface area contributed by atoms with Crippen LogP contribution < -0.4 is 14.8 Å². The molecule has 0 bridgehead atoms. The number of hydrogen-bond acceptors (Lipinski definition) is 5. The van der Waals surface area contributed by atoms with Crippen LogP contribution in [0, 0.1) is 0 Å². The molecule has 0 fully saturated rings. The maximum Gasteiger partial charge on any atom is 0.263 e. The van der Waals surface area contributed by atoms with Crippen molar-refractivity contribution in [2.24, 2.45) is 0 Å². The van der Waals surface area contributed by atoms with E-state index >= 15 is 0 Å². The summed E-state index contributed by atoms with van der Waals surface area (Å²) in [5.41, 5.74) is 0.456. The number of sulfonamides is 1. The number of para-hydroxylation sites is 1. The molecule has 0 aliphatic rings. The molecule has 3 aromatic rings. The second-order valence-corrected chi connectivity index (χ2v) is 8.15. The Hall–Kier alpha value is -2.91. The molecule has 7 nitrogen and oxygen atoms in total. The summed E-state index contributed by atoms with van der Waals surface area (Å²) in [6.07, 6.45) is 1.49. The van der Waals surface area contributed by atoms with E-state index in [9.17, 15) is 13.2 Å². The quantitative estimate of drug-likeness (QED) is 0.559. The lowest BCUT2D eigenvalue weighted by atomic mass is 10.3. The molecular weight excluding hydrogens is 446 g/mol. The van der Waals surface area contributed by atoms with Crippen LogP contribution in [0.4, 0.5) is 11.5 Å². The summed E-state index contributed by atoms with van der Waals surface area (Å²) < 4.78 is 33.3. The monoisotopic (exact) mass is 461 g/mol. The van der Waals surface area contributed by atoms with E-state index in [0.717, 1.165) is 4.47 Å². The number of rotatable bonds is 7. The van der Waals surface area contributed by atoms with Crippen molar-refractivity contribution in [2.75, 3.05) is 16.6 Å². The fraction of sp³-hybridized carbons (Fsp3) is 0.0526. The summed E-state index contributed by atoms with van der Waals surface area (Å²) in [5.74, 6) is 0.418. The van der Waals surface area contributed by atoms with E-state index < -0.39 is 10.0 Å². The predicted molar refractivity (Wildman–Crippen MR) is 110 cm³/mol. The Bertz CT molecular complexity index is 1060. The van der Waals surface area contributed by atoms with Gasteiger partial charge >= 0.3 is 0 Å². The lowest BCUT2D eigenvalue weighted by Gasteiger charge is -2.10. The van der Waals surface area contributed by atoms with Gasteiger partial charge in [-0.3, -0.25) is 9.52 Å². The van der Waals surface area contributed by atoms with E-state index in [2.05, 4.69) is 31.0 Å². The van der Waals surface area contributed by atoms with Crippen LogP contribution in [0.2, 0.25) is 0 Å². The van der Waals surface area contributed by atoms with Gasteiger partial charge in [0, 0.05) is 11.9 Å². The van der Waals surface area contributed by atoms with Gasteiger partial charge in [0.15, 0.2) is 6.61 Å². The van der Waals surface area contributed by atoms with Gasteiger partial charge in [-0.1, -0.05) is 18.2 Å². The highest BCUT2D eigenvalue weighted by atomic mass is 79.9. The van der Waals surface area contributed by atoms with Gasteiger partial charge in [0.25, 0.3) is 15.9 Å². The van der Waals surface area contributed by atoms with Crippen molar-refractivity contribution in [1.29, 1.82) is 0 Å². The maximum atomic E-state index is 12.4. The van der Waals surface area contributed by atoms with Crippen molar-refractivity contribution in [3.63, 3.8) is 0 Å². The highest BCUT2D eigenvalue weighted by molar-refractivity contribution is 9.10. The third-order valence-electron chi connectivity index (χ3n) is 3.55. The molecule has 0 saturated carbocycles. The summed E-state index contributed by atoms with van der Waals surface area (Å²) >= 11 is 3.34. The second-order valence-electron chi connectivity index (χ2n) is 5.61. The molecule has 1 amide bonds. The summed E-state index contributed by atoms with van der Waals surface area (Å²) in [7, 11) is -3.76. The molecule has 0 spiro atoms. The first-order chi connectivity index (χ1) is 13.4. The summed E-state index contributed by atoms with van der Waals surface area (Å²) in [5, 5.41) is 2.65. The molecule has 9 heteroatoms. The van der Waals surface area contributed by atoms with Crippen molar-refractivity contribution in [2.45, 2.75) is 4.90 Å². The maximum absolute atomic E-state index is 12.4. The number of amides is 1. The van der Waals surface area contributed by atoms with Gasteiger partial charge in [-0.05, 0) is 64.5 Å². The zero-order valence-electron chi connectivity index (χ0n) is 14.5. The van der Waals surface area contributed by atoms with Gasteiger partial charge in [-0.2, -0.15) is 0 Å². The number of carbonyl (C=O) groups excluding carboxylic acids is 1. The zero-order valence-corrected chi connectivity index (χ0v) is 16.9. The van der Waals surface area contributed by atoms with Crippen molar-refractivity contribution in [1.82, 2.24) is 4.98 Å². The number of anilines is 2. The molecule has 28 heavy (non-hydrogen) atoms. The van der Waals surface area contributed by atoms with E-state index in [1.165, 1.54) is 30.5 Å². The molecule has 1 heterocycles. The molecular formula is C19H16BrN3O4S. The minimum Gasteiger partial charge on any atom is -0.483 e. The van der Waals surface area contributed by atoms with Gasteiger partial charge in [0.1, 0.15) is 11.6 Å². The number of benzene rings is 2. The summed E-state index contributed by atoms with van der Waals surface area (Å²) in [6.45, 7) is -0.177. The number of halogens is 1. The van der Waals surface area contributed by atoms with Gasteiger partial charge < -0.3 is 10.1 Å². The Balaban J connectivity index is 1.59. The number of ether oxygens (including phenoxy) is 1. The van der Waals surface area contributed by atoms with E-state index in [4.69, 9.17) is 4.74 Å². The fourth-order valence-corrected chi connectivity index (χ4v) is 3.65. The highest BCUT2D eigenvalue weighted by Gasteiger charge is 2.15. The Kier molecular flexibility index (Phi) is 6.27. The molecule has 3 rings (SSSR count). The van der Waals surface area contributed by atoms with Crippen molar-refractivity contribution in [3.8, 4) is 5.75 Å². The molecule has 0 unspecified atom stereocenters. The number of aromatic nitrogens is 1. The number of carbonyl (C=O) groups is 1. The van der Waals surface area contributed by atoms with Gasteiger partial charge in [-0.15, -0.1) is 0 Å². The summed E-state index contributed by atoms with van der Waals surface area (Å²) in [4.78, 5) is 16.0. The Morgan fingerprint density at radius 3 is 2.39 bits per heavy atom. The third-order valence-corrected chi connectivity index (χ3v) is 5.57. The number of hydrogen-bond donors (Lipinski definition) is 2. The van der Waals surface area contributed by atoms with Crippen LogP contribution in [0.5, 0.6) is 5.75 Å². The SMILES string of the molecule is O=C(COc1ccccc1Br)Nc1ccc(S(=O)(=O)Nc2ccccn2)cc1. The van der Waals surface area contributed by atoms with Crippen LogP contribution in [-0.2, 0) is 14.8 Å². The van der Waals surface area contributed by atoms with E-state index in [1.54, 1.807) is 30.3 Å². The molecule has 0 aliphatic carbocycles. The van der Waals surface area contributed by atoms with Crippen molar-refractivity contribution < 1.29 is 17.9 Å². The van der Waals surface area contributed by atoms with Crippen molar-refractivity contribution >= 4 is 43.4 Å². The minimum absolute atomic E-state index is 0.0561. The first kappa shape index (κ1) is 19.8. The molecule has 0 aliphatic heterocycles. The topological polar surface area (TPSA) is 97.4 Å². The van der Waals surface area contributed by atoms with Crippen LogP contribution in [0.25, 0.3) is 0 Å². The first-order valence-corrected chi connectivity index (χ1v) is 10.4. The Labute approximate surface area is 170 Å². The molecule has 0 atom stereocenters.